The maximum atomic E-state index is 11.4. The second-order valence-electron chi connectivity index (χ2n) is 4.37. The van der Waals surface area contributed by atoms with E-state index in [1.807, 2.05) is 0 Å². The van der Waals surface area contributed by atoms with Crippen molar-refractivity contribution >= 4 is 38.8 Å². The lowest BCUT2D eigenvalue weighted by atomic mass is 10.2. The molecular weight excluding hydrogens is 314 g/mol. The third-order valence-electron chi connectivity index (χ3n) is 2.94. The first-order valence-corrected chi connectivity index (χ1v) is 8.11. The fourth-order valence-electron chi connectivity index (χ4n) is 1.95. The number of anilines is 2. The number of fused-ring (bicyclic) bond motifs is 2. The molecule has 0 aromatic heterocycles. The van der Waals surface area contributed by atoms with Crippen molar-refractivity contribution in [1.82, 2.24) is 0 Å². The predicted molar refractivity (Wildman–Crippen MR) is 78.3 cm³/mol. The van der Waals surface area contributed by atoms with Crippen LogP contribution in [0.5, 0.6) is 0 Å². The molecule has 0 amide bonds. The van der Waals surface area contributed by atoms with Crippen LogP contribution in [0.4, 0.5) is 17.1 Å². The summed E-state index contributed by atoms with van der Waals surface area (Å²) in [5.74, 6) is 0. The summed E-state index contributed by atoms with van der Waals surface area (Å²) in [6.07, 6.45) is 0. The number of nitro groups is 1. The predicted octanol–water partition coefficient (Wildman–Crippen LogP) is 2.45. The maximum absolute atomic E-state index is 11.4. The smallest absolute Gasteiger partial charge is 0.271 e. The Morgan fingerprint density at radius 1 is 1.10 bits per heavy atom. The van der Waals surface area contributed by atoms with Crippen LogP contribution in [0.25, 0.3) is 0 Å². The first-order valence-electron chi connectivity index (χ1n) is 5.75. The molecule has 1 heterocycles. The monoisotopic (exact) mass is 323 g/mol. The largest absolute Gasteiger partial charge is 0.353 e. The van der Waals surface area contributed by atoms with Crippen molar-refractivity contribution < 1.29 is 13.3 Å². The SMILES string of the molecule is NS(=O)(=O)c1ccc2c(c1)Sc1ccc([N+](=O)[O-])cc1N2. The van der Waals surface area contributed by atoms with Gasteiger partial charge in [0.1, 0.15) is 0 Å². The number of sulfonamides is 1. The Bertz CT molecular complexity index is 865. The summed E-state index contributed by atoms with van der Waals surface area (Å²) >= 11 is 1.33. The van der Waals surface area contributed by atoms with Crippen LogP contribution in [0.1, 0.15) is 0 Å². The molecule has 0 radical (unpaired) electrons. The topological polar surface area (TPSA) is 115 Å². The molecule has 2 aromatic rings. The summed E-state index contributed by atoms with van der Waals surface area (Å²) in [4.78, 5) is 11.8. The molecule has 3 rings (SSSR count). The van der Waals surface area contributed by atoms with E-state index >= 15 is 0 Å². The number of primary sulfonamides is 1. The van der Waals surface area contributed by atoms with Gasteiger partial charge in [0.25, 0.3) is 5.69 Å². The number of hydrogen-bond donors (Lipinski definition) is 2. The number of non-ortho nitro benzene ring substituents is 1. The third-order valence-corrected chi connectivity index (χ3v) is 4.99. The Morgan fingerprint density at radius 2 is 1.86 bits per heavy atom. The molecule has 0 atom stereocenters. The van der Waals surface area contributed by atoms with Crippen molar-refractivity contribution in [3.8, 4) is 0 Å². The van der Waals surface area contributed by atoms with Crippen LogP contribution in [-0.2, 0) is 10.0 Å². The van der Waals surface area contributed by atoms with Crippen LogP contribution in [0.3, 0.4) is 0 Å². The zero-order valence-electron chi connectivity index (χ0n) is 10.4. The molecule has 0 saturated carbocycles. The Labute approximate surface area is 124 Å². The highest BCUT2D eigenvalue weighted by atomic mass is 32.2. The average Bonchev–Trinajstić information content (AvgIpc) is 2.42. The van der Waals surface area contributed by atoms with Gasteiger partial charge in [0.2, 0.25) is 10.0 Å². The summed E-state index contributed by atoms with van der Waals surface area (Å²) in [5.41, 5.74) is 1.29. The number of nitrogens with two attached hydrogens (primary N) is 1. The van der Waals surface area contributed by atoms with E-state index < -0.39 is 14.9 Å². The minimum Gasteiger partial charge on any atom is -0.353 e. The van der Waals surface area contributed by atoms with E-state index in [1.54, 1.807) is 12.1 Å². The van der Waals surface area contributed by atoms with Crippen molar-refractivity contribution in [2.75, 3.05) is 5.32 Å². The molecule has 0 unspecified atom stereocenters. The highest BCUT2D eigenvalue weighted by molar-refractivity contribution is 7.99. The Balaban J connectivity index is 2.04. The molecule has 21 heavy (non-hydrogen) atoms. The van der Waals surface area contributed by atoms with Crippen LogP contribution in [0.15, 0.2) is 51.1 Å². The summed E-state index contributed by atoms with van der Waals surface area (Å²) in [6.45, 7) is 0. The molecule has 0 spiro atoms. The Kier molecular flexibility index (Phi) is 3.12. The lowest BCUT2D eigenvalue weighted by molar-refractivity contribution is -0.384. The number of hydrogen-bond acceptors (Lipinski definition) is 6. The average molecular weight is 323 g/mol. The molecule has 108 valence electrons. The van der Waals surface area contributed by atoms with E-state index in [4.69, 9.17) is 5.14 Å². The lowest BCUT2D eigenvalue weighted by Crippen LogP contribution is -2.12. The van der Waals surface area contributed by atoms with E-state index in [1.165, 1.54) is 36.0 Å². The molecule has 9 heteroatoms. The van der Waals surface area contributed by atoms with Gasteiger partial charge < -0.3 is 5.32 Å². The second kappa shape index (κ2) is 4.72. The van der Waals surface area contributed by atoms with E-state index in [-0.39, 0.29) is 10.6 Å². The van der Waals surface area contributed by atoms with Gasteiger partial charge >= 0.3 is 0 Å². The fourth-order valence-corrected chi connectivity index (χ4v) is 3.57. The van der Waals surface area contributed by atoms with Gasteiger partial charge in [-0.3, -0.25) is 10.1 Å². The Hall–Kier alpha value is -2.10. The van der Waals surface area contributed by atoms with Crippen molar-refractivity contribution in [3.05, 3.63) is 46.5 Å². The van der Waals surface area contributed by atoms with E-state index in [0.717, 1.165) is 4.90 Å². The molecule has 0 aliphatic carbocycles. The van der Waals surface area contributed by atoms with Gasteiger partial charge in [-0.05, 0) is 24.3 Å². The van der Waals surface area contributed by atoms with Gasteiger partial charge in [-0.2, -0.15) is 0 Å². The highest BCUT2D eigenvalue weighted by Crippen LogP contribution is 2.45. The fraction of sp³-hybridized carbons (Fsp3) is 0. The van der Waals surface area contributed by atoms with Crippen LogP contribution in [0, 0.1) is 10.1 Å². The molecule has 0 bridgehead atoms. The molecule has 0 fully saturated rings. The van der Waals surface area contributed by atoms with Crippen LogP contribution >= 0.6 is 11.8 Å². The van der Waals surface area contributed by atoms with Gasteiger partial charge in [-0.25, -0.2) is 13.6 Å². The normalized spacial score (nSPS) is 13.0. The number of nitro benzene ring substituents is 1. The van der Waals surface area contributed by atoms with E-state index in [0.29, 0.717) is 16.3 Å². The minimum absolute atomic E-state index is 0.00791. The van der Waals surface area contributed by atoms with Gasteiger partial charge in [0, 0.05) is 21.9 Å². The zero-order valence-corrected chi connectivity index (χ0v) is 12.1. The van der Waals surface area contributed by atoms with Crippen molar-refractivity contribution in [1.29, 1.82) is 0 Å². The molecule has 3 N–H and O–H groups in total. The lowest BCUT2D eigenvalue weighted by Gasteiger charge is -2.20. The number of benzene rings is 2. The standard InChI is InChI=1S/C12H9N3O4S2/c13-21(18,19)8-2-3-9-12(6-8)20-11-4-1-7(15(16)17)5-10(11)14-9/h1-6,14H,(H2,13,18,19). The van der Waals surface area contributed by atoms with Gasteiger partial charge in [0.05, 0.1) is 21.2 Å². The van der Waals surface area contributed by atoms with E-state index in [9.17, 15) is 18.5 Å². The number of nitrogens with one attached hydrogen (secondary N) is 1. The quantitative estimate of drug-likeness (QED) is 0.553. The Morgan fingerprint density at radius 3 is 2.52 bits per heavy atom. The summed E-state index contributed by atoms with van der Waals surface area (Å²) < 4.78 is 22.7. The molecule has 1 aliphatic rings. The molecule has 7 nitrogen and oxygen atoms in total. The van der Waals surface area contributed by atoms with Crippen molar-refractivity contribution in [3.63, 3.8) is 0 Å². The first kappa shape index (κ1) is 13.9. The van der Waals surface area contributed by atoms with Crippen LogP contribution < -0.4 is 10.5 Å². The van der Waals surface area contributed by atoms with Crippen LogP contribution in [0.2, 0.25) is 0 Å². The minimum atomic E-state index is -3.76. The third kappa shape index (κ3) is 2.58. The molecular formula is C12H9N3O4S2. The van der Waals surface area contributed by atoms with Crippen molar-refractivity contribution in [2.45, 2.75) is 14.7 Å². The highest BCUT2D eigenvalue weighted by Gasteiger charge is 2.20. The number of nitrogens with zero attached hydrogens (tertiary/aromatic N) is 1. The zero-order chi connectivity index (χ0) is 15.2. The summed E-state index contributed by atoms with van der Waals surface area (Å²) in [6, 6.07) is 8.93. The van der Waals surface area contributed by atoms with Crippen LogP contribution in [-0.4, -0.2) is 13.3 Å². The number of rotatable bonds is 2. The molecule has 2 aromatic carbocycles. The van der Waals surface area contributed by atoms with Gasteiger partial charge in [-0.1, -0.05) is 11.8 Å². The maximum Gasteiger partial charge on any atom is 0.271 e. The summed E-state index contributed by atoms with van der Waals surface area (Å²) in [7, 11) is -3.76. The van der Waals surface area contributed by atoms with E-state index in [2.05, 4.69) is 5.32 Å². The summed E-state index contributed by atoms with van der Waals surface area (Å²) in [5, 5.41) is 18.9. The first-order chi connectivity index (χ1) is 9.84. The van der Waals surface area contributed by atoms with Crippen molar-refractivity contribution in [2.24, 2.45) is 5.14 Å². The molecule has 1 aliphatic heterocycles. The van der Waals surface area contributed by atoms with Gasteiger partial charge in [-0.15, -0.1) is 0 Å². The van der Waals surface area contributed by atoms with Gasteiger partial charge in [0.15, 0.2) is 0 Å². The molecule has 0 saturated heterocycles. The second-order valence-corrected chi connectivity index (χ2v) is 7.01.